The number of aliphatic carboxylic acids is 1. The molecule has 2 aromatic rings. The maximum absolute atomic E-state index is 12.7. The molecule has 0 aliphatic rings. The van der Waals surface area contributed by atoms with E-state index in [0.29, 0.717) is 66.5 Å². The zero-order valence-corrected chi connectivity index (χ0v) is 24.4. The third-order valence-corrected chi connectivity index (χ3v) is 5.50. The molecular formula is C32H44O7. The summed E-state index contributed by atoms with van der Waals surface area (Å²) in [5.74, 6) is 1.51. The summed E-state index contributed by atoms with van der Waals surface area (Å²) in [6.07, 6.45) is 1.71. The summed E-state index contributed by atoms with van der Waals surface area (Å²) in [5, 5.41) is 9.32. The fraction of sp³-hybridized carbons (Fsp3) is 0.500. The number of carboxylic acids is 1. The lowest BCUT2D eigenvalue weighted by Gasteiger charge is -2.19. The Bertz CT molecular complexity index is 1120. The maximum Gasteiger partial charge on any atom is 0.331 e. The molecule has 0 amide bonds. The van der Waals surface area contributed by atoms with Crippen LogP contribution in [-0.2, 0) is 20.7 Å². The molecule has 0 fully saturated rings. The van der Waals surface area contributed by atoms with Gasteiger partial charge < -0.3 is 24.1 Å². The molecule has 0 unspecified atom stereocenters. The Labute approximate surface area is 233 Å². The van der Waals surface area contributed by atoms with E-state index >= 15 is 0 Å². The van der Waals surface area contributed by atoms with Crippen molar-refractivity contribution in [2.45, 2.75) is 61.3 Å². The number of carbonyl (C=O) groups is 2. The molecule has 0 saturated carbocycles. The molecule has 7 nitrogen and oxygen atoms in total. The number of ether oxygens (including phenoxy) is 4. The number of rotatable bonds is 16. The van der Waals surface area contributed by atoms with Crippen molar-refractivity contribution < 1.29 is 33.6 Å². The van der Waals surface area contributed by atoms with Crippen molar-refractivity contribution in [3.63, 3.8) is 0 Å². The quantitative estimate of drug-likeness (QED) is 0.185. The molecule has 0 aromatic heterocycles. The number of carbonyl (C=O) groups excluding carboxylic acids is 1. The van der Waals surface area contributed by atoms with Crippen molar-refractivity contribution in [3.05, 3.63) is 59.2 Å². The summed E-state index contributed by atoms with van der Waals surface area (Å²) in [4.78, 5) is 24.1. The molecule has 0 spiro atoms. The van der Waals surface area contributed by atoms with Crippen LogP contribution in [0.1, 0.15) is 71.6 Å². The van der Waals surface area contributed by atoms with Crippen molar-refractivity contribution in [2.24, 2.45) is 17.8 Å². The second kappa shape index (κ2) is 15.8. The van der Waals surface area contributed by atoms with Crippen LogP contribution in [0.2, 0.25) is 0 Å². The molecule has 0 aliphatic heterocycles. The number of hydrogen-bond acceptors (Lipinski definition) is 6. The molecule has 2 aromatic carbocycles. The molecule has 2 rings (SSSR count). The van der Waals surface area contributed by atoms with Crippen molar-refractivity contribution >= 4 is 17.5 Å². The van der Waals surface area contributed by atoms with Crippen LogP contribution in [0.5, 0.6) is 17.2 Å². The van der Waals surface area contributed by atoms with Gasteiger partial charge in [0.05, 0.1) is 26.4 Å². The third kappa shape index (κ3) is 11.0. The van der Waals surface area contributed by atoms with E-state index in [-0.39, 0.29) is 18.9 Å². The van der Waals surface area contributed by atoms with E-state index in [1.54, 1.807) is 6.92 Å². The van der Waals surface area contributed by atoms with Gasteiger partial charge in [0.25, 0.3) is 0 Å². The van der Waals surface area contributed by atoms with Crippen LogP contribution in [0.3, 0.4) is 0 Å². The summed E-state index contributed by atoms with van der Waals surface area (Å²) >= 11 is 0. The van der Waals surface area contributed by atoms with E-state index in [1.165, 1.54) is 6.08 Å². The lowest BCUT2D eigenvalue weighted by Crippen LogP contribution is -2.09. The largest absolute Gasteiger partial charge is 0.493 e. The number of carboxylic acid groups (broad SMARTS) is 1. The monoisotopic (exact) mass is 540 g/mol. The molecule has 7 heteroatoms. The van der Waals surface area contributed by atoms with E-state index in [1.807, 2.05) is 36.4 Å². The molecule has 39 heavy (non-hydrogen) atoms. The second-order valence-electron chi connectivity index (χ2n) is 10.8. The third-order valence-electron chi connectivity index (χ3n) is 5.50. The smallest absolute Gasteiger partial charge is 0.331 e. The van der Waals surface area contributed by atoms with Crippen LogP contribution in [0.4, 0.5) is 0 Å². The number of aryl methyl sites for hydroxylation is 1. The van der Waals surface area contributed by atoms with Gasteiger partial charge in [-0.25, -0.2) is 4.79 Å². The fourth-order valence-corrected chi connectivity index (χ4v) is 3.65. The first-order chi connectivity index (χ1) is 18.5. The van der Waals surface area contributed by atoms with Gasteiger partial charge in [0, 0.05) is 24.1 Å². The van der Waals surface area contributed by atoms with Crippen LogP contribution >= 0.6 is 0 Å². The maximum atomic E-state index is 12.7. The van der Waals surface area contributed by atoms with Crippen LogP contribution in [0.25, 0.3) is 5.57 Å². The van der Waals surface area contributed by atoms with Gasteiger partial charge in [-0.05, 0) is 72.1 Å². The van der Waals surface area contributed by atoms with Crippen molar-refractivity contribution in [1.82, 2.24) is 0 Å². The Morgan fingerprint density at radius 2 is 1.44 bits per heavy atom. The number of esters is 1. The lowest BCUT2D eigenvalue weighted by molar-refractivity contribution is -0.138. The first kappa shape index (κ1) is 31.7. The molecular weight excluding hydrogens is 496 g/mol. The lowest BCUT2D eigenvalue weighted by atomic mass is 9.93. The predicted molar refractivity (Wildman–Crippen MR) is 154 cm³/mol. The average molecular weight is 541 g/mol. The van der Waals surface area contributed by atoms with Crippen LogP contribution in [0.15, 0.2) is 42.5 Å². The summed E-state index contributed by atoms with van der Waals surface area (Å²) in [6, 6.07) is 11.2. The van der Waals surface area contributed by atoms with E-state index in [4.69, 9.17) is 18.9 Å². The van der Waals surface area contributed by atoms with E-state index in [9.17, 15) is 14.7 Å². The molecule has 0 bridgehead atoms. The van der Waals surface area contributed by atoms with Crippen molar-refractivity contribution in [1.29, 1.82) is 0 Å². The van der Waals surface area contributed by atoms with Crippen molar-refractivity contribution in [3.8, 4) is 17.2 Å². The minimum absolute atomic E-state index is 0.0386. The number of benzene rings is 2. The zero-order valence-electron chi connectivity index (χ0n) is 24.4. The van der Waals surface area contributed by atoms with Gasteiger partial charge in [-0.1, -0.05) is 47.6 Å². The molecule has 214 valence electrons. The van der Waals surface area contributed by atoms with Crippen LogP contribution in [0, 0.1) is 17.8 Å². The zero-order chi connectivity index (χ0) is 28.9. The summed E-state index contributed by atoms with van der Waals surface area (Å²) in [6.45, 7) is 16.0. The summed E-state index contributed by atoms with van der Waals surface area (Å²) in [5.41, 5.74) is 2.80. The van der Waals surface area contributed by atoms with Crippen LogP contribution in [-0.4, -0.2) is 43.5 Å². The highest BCUT2D eigenvalue weighted by Crippen LogP contribution is 2.36. The van der Waals surface area contributed by atoms with Crippen LogP contribution < -0.4 is 14.2 Å². The fourth-order valence-electron chi connectivity index (χ4n) is 3.65. The topological polar surface area (TPSA) is 91.3 Å². The Kier molecular flexibility index (Phi) is 12.9. The standard InChI is InChI=1S/C32H44O7/c1-8-36-32(35)17-28(24-9-13-29(38-19-22(4)5)25(15-24)10-14-31(33)34)27-12-11-26(37-18-21(2)3)16-30(27)39-20-23(6)7/h9,11-13,15-17,21-23H,8,10,14,18-20H2,1-7H3,(H,33,34). The number of hydrogen-bond donors (Lipinski definition) is 1. The highest BCUT2D eigenvalue weighted by molar-refractivity contribution is 5.97. The molecule has 1 N–H and O–H groups in total. The molecule has 0 radical (unpaired) electrons. The first-order valence-corrected chi connectivity index (χ1v) is 13.8. The highest BCUT2D eigenvalue weighted by Gasteiger charge is 2.18. The average Bonchev–Trinajstić information content (AvgIpc) is 2.87. The SMILES string of the molecule is CCOC(=O)C=C(c1ccc(OCC(C)C)c(CCC(=O)O)c1)c1ccc(OCC(C)C)cc1OCC(C)C. The van der Waals surface area contributed by atoms with E-state index < -0.39 is 11.9 Å². The van der Waals surface area contributed by atoms with Gasteiger partial charge in [0.2, 0.25) is 0 Å². The second-order valence-corrected chi connectivity index (χ2v) is 10.8. The molecule has 0 heterocycles. The van der Waals surface area contributed by atoms with Gasteiger partial charge in [0.15, 0.2) is 0 Å². The van der Waals surface area contributed by atoms with Gasteiger partial charge in [-0.15, -0.1) is 0 Å². The minimum Gasteiger partial charge on any atom is -0.493 e. The van der Waals surface area contributed by atoms with E-state index in [0.717, 1.165) is 11.1 Å². The Hall–Kier alpha value is -3.48. The van der Waals surface area contributed by atoms with Crippen molar-refractivity contribution in [2.75, 3.05) is 26.4 Å². The predicted octanol–water partition coefficient (Wildman–Crippen LogP) is 6.80. The van der Waals surface area contributed by atoms with Gasteiger partial charge in [-0.2, -0.15) is 0 Å². The summed E-state index contributed by atoms with van der Waals surface area (Å²) < 4.78 is 23.4. The Morgan fingerprint density at radius 1 is 0.821 bits per heavy atom. The normalized spacial score (nSPS) is 11.7. The first-order valence-electron chi connectivity index (χ1n) is 13.8. The van der Waals surface area contributed by atoms with E-state index in [2.05, 4.69) is 41.5 Å². The molecule has 0 atom stereocenters. The van der Waals surface area contributed by atoms with Gasteiger partial charge >= 0.3 is 11.9 Å². The molecule has 0 saturated heterocycles. The van der Waals surface area contributed by atoms with Gasteiger partial charge in [0.1, 0.15) is 17.2 Å². The molecule has 0 aliphatic carbocycles. The van der Waals surface area contributed by atoms with Gasteiger partial charge in [-0.3, -0.25) is 4.79 Å². The highest BCUT2D eigenvalue weighted by atomic mass is 16.5. The Balaban J connectivity index is 2.65. The summed E-state index contributed by atoms with van der Waals surface area (Å²) in [7, 11) is 0. The Morgan fingerprint density at radius 3 is 2.03 bits per heavy atom. The minimum atomic E-state index is -0.890.